The van der Waals surface area contributed by atoms with E-state index in [1.807, 2.05) is 18.2 Å². The van der Waals surface area contributed by atoms with E-state index in [-0.39, 0.29) is 5.54 Å². The molecule has 0 amide bonds. The van der Waals surface area contributed by atoms with Crippen LogP contribution in [0.2, 0.25) is 5.02 Å². The summed E-state index contributed by atoms with van der Waals surface area (Å²) in [5.41, 5.74) is 3.28. The van der Waals surface area contributed by atoms with Crippen LogP contribution in [0, 0.1) is 0 Å². The molecule has 0 saturated heterocycles. The first-order valence-corrected chi connectivity index (χ1v) is 9.67. The summed E-state index contributed by atoms with van der Waals surface area (Å²) < 4.78 is 0. The van der Waals surface area contributed by atoms with E-state index in [1.165, 1.54) is 0 Å². The quantitative estimate of drug-likeness (QED) is 0.737. The highest BCUT2D eigenvalue weighted by Gasteiger charge is 2.42. The molecule has 1 heterocycles. The third-order valence-electron chi connectivity index (χ3n) is 5.56. The zero-order valence-corrected chi connectivity index (χ0v) is 15.8. The van der Waals surface area contributed by atoms with Crippen molar-refractivity contribution < 1.29 is 0 Å². The maximum absolute atomic E-state index is 6.12. The minimum Gasteiger partial charge on any atom is -0.371 e. The fraction of sp³-hybridized carbons (Fsp3) is 0.381. The lowest BCUT2D eigenvalue weighted by Crippen LogP contribution is -2.56. The summed E-state index contributed by atoms with van der Waals surface area (Å²) in [7, 11) is 2.05. The van der Waals surface area contributed by atoms with Crippen LogP contribution in [0.5, 0.6) is 0 Å². The molecule has 1 saturated carbocycles. The summed E-state index contributed by atoms with van der Waals surface area (Å²) in [6.07, 6.45) is 4.41. The molecule has 2 aromatic rings. The van der Waals surface area contributed by atoms with Gasteiger partial charge in [0.15, 0.2) is 0 Å². The highest BCUT2D eigenvalue weighted by molar-refractivity contribution is 6.30. The van der Waals surface area contributed by atoms with Gasteiger partial charge < -0.3 is 16.0 Å². The second-order valence-corrected chi connectivity index (χ2v) is 7.67. The summed E-state index contributed by atoms with van der Waals surface area (Å²) in [5.74, 6) is 1.05. The largest absolute Gasteiger partial charge is 0.371 e. The van der Waals surface area contributed by atoms with Gasteiger partial charge in [-0.25, -0.2) is 0 Å². The molecule has 0 bridgehead atoms. The van der Waals surface area contributed by atoms with Crippen LogP contribution in [-0.4, -0.2) is 24.5 Å². The van der Waals surface area contributed by atoms with Crippen LogP contribution >= 0.6 is 11.6 Å². The van der Waals surface area contributed by atoms with Crippen molar-refractivity contribution in [3.63, 3.8) is 0 Å². The molecule has 5 heteroatoms. The predicted molar refractivity (Wildman–Crippen MR) is 110 cm³/mol. The van der Waals surface area contributed by atoms with E-state index in [9.17, 15) is 0 Å². The van der Waals surface area contributed by atoms with Crippen molar-refractivity contribution in [1.82, 2.24) is 5.32 Å². The topological polar surface area (TPSA) is 48.4 Å². The Balaban J connectivity index is 1.64. The SMILES string of the molecule is CNC1CCC2(CC1)Nc1ccccc1NC2=NCc1cccc(Cl)c1. The number of hydrogen-bond donors (Lipinski definition) is 3. The second kappa shape index (κ2) is 7.29. The molecule has 2 aliphatic rings. The van der Waals surface area contributed by atoms with E-state index in [1.54, 1.807) is 0 Å². The van der Waals surface area contributed by atoms with Crippen LogP contribution in [0.15, 0.2) is 53.5 Å². The summed E-state index contributed by atoms with van der Waals surface area (Å²) in [6.45, 7) is 0.629. The zero-order valence-electron chi connectivity index (χ0n) is 15.1. The monoisotopic (exact) mass is 368 g/mol. The number of nitrogens with zero attached hydrogens (tertiary/aromatic N) is 1. The summed E-state index contributed by atoms with van der Waals surface area (Å²) >= 11 is 6.12. The van der Waals surface area contributed by atoms with Crippen molar-refractivity contribution in [3.05, 3.63) is 59.1 Å². The molecule has 1 aliphatic heterocycles. The molecule has 0 unspecified atom stereocenters. The van der Waals surface area contributed by atoms with Crippen molar-refractivity contribution in [2.75, 3.05) is 17.7 Å². The zero-order chi connectivity index (χ0) is 18.0. The first-order valence-electron chi connectivity index (χ1n) is 9.29. The highest BCUT2D eigenvalue weighted by Crippen LogP contribution is 2.39. The van der Waals surface area contributed by atoms with Crippen LogP contribution in [-0.2, 0) is 6.54 Å². The average Bonchev–Trinajstić information content (AvgIpc) is 2.67. The minimum atomic E-state index is -0.111. The fourth-order valence-corrected chi connectivity index (χ4v) is 4.24. The van der Waals surface area contributed by atoms with Crippen molar-refractivity contribution in [2.24, 2.45) is 4.99 Å². The normalized spacial score (nSPS) is 26.2. The maximum Gasteiger partial charge on any atom is 0.127 e. The third kappa shape index (κ3) is 3.44. The van der Waals surface area contributed by atoms with E-state index in [0.29, 0.717) is 12.6 Å². The Bertz CT molecular complexity index is 809. The minimum absolute atomic E-state index is 0.111. The number of benzene rings is 2. The van der Waals surface area contributed by atoms with E-state index < -0.39 is 0 Å². The lowest BCUT2D eigenvalue weighted by Gasteiger charge is -2.45. The van der Waals surface area contributed by atoms with E-state index in [0.717, 1.165) is 53.5 Å². The van der Waals surface area contributed by atoms with E-state index in [2.05, 4.69) is 53.3 Å². The standard InChI is InChI=1S/C21H25ClN4/c1-23-17-9-11-21(12-10-17)20(24-14-15-5-4-6-16(22)13-15)25-18-7-2-3-8-19(18)26-21/h2-8,13,17,23,26H,9-12,14H2,1H3,(H,24,25). The molecule has 136 valence electrons. The van der Waals surface area contributed by atoms with Crippen molar-refractivity contribution in [1.29, 1.82) is 0 Å². The molecule has 4 nitrogen and oxygen atoms in total. The molecular weight excluding hydrogens is 344 g/mol. The Morgan fingerprint density at radius 3 is 2.62 bits per heavy atom. The Labute approximate surface area is 160 Å². The molecule has 1 aliphatic carbocycles. The van der Waals surface area contributed by atoms with Crippen molar-refractivity contribution in [2.45, 2.75) is 43.8 Å². The van der Waals surface area contributed by atoms with Gasteiger partial charge in [-0.15, -0.1) is 0 Å². The Kier molecular flexibility index (Phi) is 4.88. The van der Waals surface area contributed by atoms with E-state index in [4.69, 9.17) is 16.6 Å². The molecule has 4 rings (SSSR count). The van der Waals surface area contributed by atoms with Gasteiger partial charge in [0.25, 0.3) is 0 Å². The van der Waals surface area contributed by atoms with Gasteiger partial charge >= 0.3 is 0 Å². The fourth-order valence-electron chi connectivity index (χ4n) is 4.02. The number of anilines is 2. The van der Waals surface area contributed by atoms with Gasteiger partial charge in [0.1, 0.15) is 5.84 Å². The lowest BCUT2D eigenvalue weighted by molar-refractivity contribution is 0.333. The number of rotatable bonds is 3. The summed E-state index contributed by atoms with van der Waals surface area (Å²) in [6, 6.07) is 16.9. The van der Waals surface area contributed by atoms with Gasteiger partial charge in [-0.3, -0.25) is 4.99 Å². The average molecular weight is 369 g/mol. The molecule has 0 aromatic heterocycles. The number of aliphatic imine (C=N–C) groups is 1. The first kappa shape index (κ1) is 17.4. The van der Waals surface area contributed by atoms with Crippen LogP contribution in [0.25, 0.3) is 0 Å². The van der Waals surface area contributed by atoms with Gasteiger partial charge in [0.05, 0.1) is 23.5 Å². The van der Waals surface area contributed by atoms with Crippen LogP contribution in [0.3, 0.4) is 0 Å². The van der Waals surface area contributed by atoms with Crippen LogP contribution in [0.4, 0.5) is 11.4 Å². The highest BCUT2D eigenvalue weighted by atomic mass is 35.5. The third-order valence-corrected chi connectivity index (χ3v) is 5.80. The number of nitrogens with one attached hydrogen (secondary N) is 3. The lowest BCUT2D eigenvalue weighted by atomic mass is 9.77. The summed E-state index contributed by atoms with van der Waals surface area (Å²) in [4.78, 5) is 4.99. The molecule has 2 aromatic carbocycles. The van der Waals surface area contributed by atoms with Crippen LogP contribution < -0.4 is 16.0 Å². The van der Waals surface area contributed by atoms with Gasteiger partial charge in [-0.2, -0.15) is 0 Å². The van der Waals surface area contributed by atoms with E-state index >= 15 is 0 Å². The molecule has 1 spiro atoms. The summed E-state index contributed by atoms with van der Waals surface area (Å²) in [5, 5.41) is 11.6. The van der Waals surface area contributed by atoms with Gasteiger partial charge in [-0.1, -0.05) is 35.9 Å². The number of amidine groups is 1. The van der Waals surface area contributed by atoms with Crippen molar-refractivity contribution in [3.8, 4) is 0 Å². The number of fused-ring (bicyclic) bond motifs is 1. The smallest absolute Gasteiger partial charge is 0.127 e. The van der Waals surface area contributed by atoms with Gasteiger partial charge in [0, 0.05) is 11.1 Å². The first-order chi connectivity index (χ1) is 12.7. The number of hydrogen-bond acceptors (Lipinski definition) is 3. The Hall–Kier alpha value is -2.04. The maximum atomic E-state index is 6.12. The number of para-hydroxylation sites is 2. The number of halogens is 1. The Morgan fingerprint density at radius 1 is 1.12 bits per heavy atom. The Morgan fingerprint density at radius 2 is 1.88 bits per heavy atom. The molecular formula is C21H25ClN4. The second-order valence-electron chi connectivity index (χ2n) is 7.24. The van der Waals surface area contributed by atoms with Gasteiger partial charge in [-0.05, 0) is 62.6 Å². The molecule has 1 fully saturated rings. The molecule has 3 N–H and O–H groups in total. The molecule has 26 heavy (non-hydrogen) atoms. The predicted octanol–water partition coefficient (Wildman–Crippen LogP) is 4.68. The van der Waals surface area contributed by atoms with Crippen LogP contribution in [0.1, 0.15) is 31.2 Å². The molecule has 0 atom stereocenters. The van der Waals surface area contributed by atoms with Gasteiger partial charge in [0.2, 0.25) is 0 Å². The molecule has 0 radical (unpaired) electrons. The van der Waals surface area contributed by atoms with Crippen molar-refractivity contribution >= 4 is 28.8 Å².